The van der Waals surface area contributed by atoms with Gasteiger partial charge >= 0.3 is 0 Å². The van der Waals surface area contributed by atoms with Gasteiger partial charge in [0.25, 0.3) is 0 Å². The Kier molecular flexibility index (Phi) is 5.10. The van der Waals surface area contributed by atoms with Crippen LogP contribution in [0.4, 0.5) is 0 Å². The summed E-state index contributed by atoms with van der Waals surface area (Å²) in [5.41, 5.74) is 0. The summed E-state index contributed by atoms with van der Waals surface area (Å²) in [6.45, 7) is 2.86. The van der Waals surface area contributed by atoms with E-state index in [0.29, 0.717) is 6.10 Å². The van der Waals surface area contributed by atoms with Gasteiger partial charge in [-0.25, -0.2) is 0 Å². The van der Waals surface area contributed by atoms with Crippen LogP contribution in [0, 0.1) is 5.92 Å². The molecular weight excluding hydrogens is 214 g/mol. The molecule has 2 fully saturated rings. The third kappa shape index (κ3) is 4.19. The summed E-state index contributed by atoms with van der Waals surface area (Å²) in [6, 6.07) is 0. The van der Waals surface area contributed by atoms with Gasteiger partial charge in [0.05, 0.1) is 6.10 Å². The van der Waals surface area contributed by atoms with Gasteiger partial charge in [-0.2, -0.15) is 0 Å². The minimum absolute atomic E-state index is 0.367. The highest BCUT2D eigenvalue weighted by atomic mass is 16.5. The summed E-state index contributed by atoms with van der Waals surface area (Å²) >= 11 is 0. The number of hydrogen-bond acceptors (Lipinski definition) is 2. The maximum Gasteiger partial charge on any atom is 0.191 e. The number of aliphatic imine (C=N–C) groups is 1. The lowest BCUT2D eigenvalue weighted by molar-refractivity contribution is 0.0194. The van der Waals surface area contributed by atoms with Gasteiger partial charge in [-0.15, -0.1) is 0 Å². The highest BCUT2D eigenvalue weighted by molar-refractivity contribution is 5.79. The van der Waals surface area contributed by atoms with Gasteiger partial charge in [0.1, 0.15) is 0 Å². The van der Waals surface area contributed by atoms with Crippen LogP contribution in [0.15, 0.2) is 4.99 Å². The van der Waals surface area contributed by atoms with E-state index < -0.39 is 0 Å². The van der Waals surface area contributed by atoms with Crippen molar-refractivity contribution in [2.75, 3.05) is 26.7 Å². The largest absolute Gasteiger partial charge is 0.376 e. The van der Waals surface area contributed by atoms with Gasteiger partial charge in [0, 0.05) is 26.7 Å². The fraction of sp³-hybridized carbons (Fsp3) is 0.923. The van der Waals surface area contributed by atoms with Crippen LogP contribution in [0.5, 0.6) is 0 Å². The molecule has 2 N–H and O–H groups in total. The summed E-state index contributed by atoms with van der Waals surface area (Å²) in [6.07, 6.45) is 8.18. The molecule has 1 unspecified atom stereocenters. The molecule has 1 atom stereocenters. The zero-order valence-electron chi connectivity index (χ0n) is 10.9. The lowest BCUT2D eigenvalue weighted by Crippen LogP contribution is -2.44. The molecule has 1 heterocycles. The van der Waals surface area contributed by atoms with Crippen LogP contribution in [-0.2, 0) is 4.74 Å². The number of hydrogen-bond donors (Lipinski definition) is 2. The van der Waals surface area contributed by atoms with Crippen molar-refractivity contribution < 1.29 is 4.74 Å². The van der Waals surface area contributed by atoms with Gasteiger partial charge in [0.2, 0.25) is 0 Å². The SMILES string of the molecule is CN=C(NCC1CCC1)NCC1CCCCO1. The van der Waals surface area contributed by atoms with Gasteiger partial charge in [-0.05, 0) is 38.0 Å². The van der Waals surface area contributed by atoms with E-state index in [9.17, 15) is 0 Å². The molecule has 2 rings (SSSR count). The molecule has 1 aliphatic carbocycles. The first-order chi connectivity index (χ1) is 8.38. The number of nitrogens with one attached hydrogen (secondary N) is 2. The second kappa shape index (κ2) is 6.84. The number of nitrogens with zero attached hydrogens (tertiary/aromatic N) is 1. The third-order valence-electron chi connectivity index (χ3n) is 3.78. The molecule has 4 heteroatoms. The average Bonchev–Trinajstić information content (AvgIpc) is 2.32. The Hall–Kier alpha value is -0.770. The van der Waals surface area contributed by atoms with Crippen molar-refractivity contribution in [3.05, 3.63) is 0 Å². The van der Waals surface area contributed by atoms with Gasteiger partial charge in [0.15, 0.2) is 5.96 Å². The van der Waals surface area contributed by atoms with E-state index >= 15 is 0 Å². The molecule has 1 aliphatic heterocycles. The Morgan fingerprint density at radius 1 is 1.12 bits per heavy atom. The van der Waals surface area contributed by atoms with Crippen LogP contribution in [0.1, 0.15) is 38.5 Å². The smallest absolute Gasteiger partial charge is 0.191 e. The van der Waals surface area contributed by atoms with Crippen LogP contribution in [0.2, 0.25) is 0 Å². The summed E-state index contributed by atoms with van der Waals surface area (Å²) < 4.78 is 5.69. The summed E-state index contributed by atoms with van der Waals surface area (Å²) in [5, 5.41) is 6.75. The normalized spacial score (nSPS) is 26.4. The lowest BCUT2D eigenvalue weighted by Gasteiger charge is -2.27. The van der Waals surface area contributed by atoms with Crippen molar-refractivity contribution in [3.8, 4) is 0 Å². The van der Waals surface area contributed by atoms with Crippen LogP contribution in [-0.4, -0.2) is 38.8 Å². The molecular formula is C13H25N3O. The van der Waals surface area contributed by atoms with Crippen LogP contribution >= 0.6 is 0 Å². The predicted molar refractivity (Wildman–Crippen MR) is 70.3 cm³/mol. The predicted octanol–water partition coefficient (Wildman–Crippen LogP) is 1.52. The third-order valence-corrected chi connectivity index (χ3v) is 3.78. The van der Waals surface area contributed by atoms with Gasteiger partial charge in [-0.1, -0.05) is 6.42 Å². The molecule has 98 valence electrons. The first kappa shape index (κ1) is 12.7. The molecule has 0 aromatic heterocycles. The van der Waals surface area contributed by atoms with E-state index in [1.807, 2.05) is 7.05 Å². The van der Waals surface area contributed by atoms with Crippen LogP contribution < -0.4 is 10.6 Å². The molecule has 1 saturated heterocycles. The Bertz CT molecular complexity index is 245. The molecule has 0 spiro atoms. The van der Waals surface area contributed by atoms with Gasteiger partial charge in [-0.3, -0.25) is 4.99 Å². The summed E-state index contributed by atoms with van der Waals surface area (Å²) in [4.78, 5) is 4.24. The van der Waals surface area contributed by atoms with Crippen molar-refractivity contribution in [2.45, 2.75) is 44.6 Å². The highest BCUT2D eigenvalue weighted by Crippen LogP contribution is 2.25. The minimum Gasteiger partial charge on any atom is -0.376 e. The van der Waals surface area contributed by atoms with E-state index in [1.165, 1.54) is 38.5 Å². The summed E-state index contributed by atoms with van der Waals surface area (Å²) in [5.74, 6) is 1.78. The van der Waals surface area contributed by atoms with E-state index in [4.69, 9.17) is 4.74 Å². The van der Waals surface area contributed by atoms with E-state index in [2.05, 4.69) is 15.6 Å². The van der Waals surface area contributed by atoms with Crippen LogP contribution in [0.3, 0.4) is 0 Å². The van der Waals surface area contributed by atoms with Crippen molar-refractivity contribution in [1.29, 1.82) is 0 Å². The maximum atomic E-state index is 5.69. The van der Waals surface area contributed by atoms with Crippen molar-refractivity contribution in [3.63, 3.8) is 0 Å². The van der Waals surface area contributed by atoms with Crippen molar-refractivity contribution in [2.24, 2.45) is 10.9 Å². The van der Waals surface area contributed by atoms with Crippen LogP contribution in [0.25, 0.3) is 0 Å². The van der Waals surface area contributed by atoms with Crippen molar-refractivity contribution in [1.82, 2.24) is 10.6 Å². The van der Waals surface area contributed by atoms with Gasteiger partial charge < -0.3 is 15.4 Å². The second-order valence-corrected chi connectivity index (χ2v) is 5.12. The minimum atomic E-state index is 0.367. The number of rotatable bonds is 4. The molecule has 0 aromatic rings. The van der Waals surface area contributed by atoms with E-state index in [-0.39, 0.29) is 0 Å². The Morgan fingerprint density at radius 3 is 2.53 bits per heavy atom. The number of ether oxygens (including phenoxy) is 1. The molecule has 0 aromatic carbocycles. The Balaban J connectivity index is 1.60. The Labute approximate surface area is 104 Å². The molecule has 0 radical (unpaired) electrons. The fourth-order valence-corrected chi connectivity index (χ4v) is 2.34. The molecule has 4 nitrogen and oxygen atoms in total. The average molecular weight is 239 g/mol. The van der Waals surface area contributed by atoms with E-state index in [0.717, 1.165) is 31.6 Å². The molecule has 1 saturated carbocycles. The molecule has 0 bridgehead atoms. The molecule has 0 amide bonds. The fourth-order valence-electron chi connectivity index (χ4n) is 2.34. The molecule has 17 heavy (non-hydrogen) atoms. The monoisotopic (exact) mass is 239 g/mol. The first-order valence-corrected chi connectivity index (χ1v) is 6.94. The Morgan fingerprint density at radius 2 is 1.94 bits per heavy atom. The summed E-state index contributed by atoms with van der Waals surface area (Å²) in [7, 11) is 1.83. The zero-order chi connectivity index (χ0) is 11.9. The number of guanidine groups is 1. The molecule has 2 aliphatic rings. The van der Waals surface area contributed by atoms with E-state index in [1.54, 1.807) is 0 Å². The highest BCUT2D eigenvalue weighted by Gasteiger charge is 2.18. The quantitative estimate of drug-likeness (QED) is 0.577. The van der Waals surface area contributed by atoms with Crippen molar-refractivity contribution >= 4 is 5.96 Å². The zero-order valence-corrected chi connectivity index (χ0v) is 10.9. The standard InChI is InChI=1S/C13H25N3O/c1-14-13(15-9-11-5-4-6-11)16-10-12-7-2-3-8-17-12/h11-12H,2-10H2,1H3,(H2,14,15,16). The topological polar surface area (TPSA) is 45.7 Å². The lowest BCUT2D eigenvalue weighted by atomic mass is 9.85. The first-order valence-electron chi connectivity index (χ1n) is 6.94. The maximum absolute atomic E-state index is 5.69. The second-order valence-electron chi connectivity index (χ2n) is 5.12.